The van der Waals surface area contributed by atoms with E-state index in [0.29, 0.717) is 5.75 Å². The molecule has 3 aromatic carbocycles. The summed E-state index contributed by atoms with van der Waals surface area (Å²) in [7, 11) is 2.34. The Bertz CT molecular complexity index is 1640. The van der Waals surface area contributed by atoms with Gasteiger partial charge in [0.05, 0.1) is 35.5 Å². The molecule has 0 N–H and O–H groups in total. The van der Waals surface area contributed by atoms with Crippen molar-refractivity contribution in [3.63, 3.8) is 0 Å². The van der Waals surface area contributed by atoms with Crippen LogP contribution in [0.1, 0.15) is 0 Å². The third-order valence-corrected chi connectivity index (χ3v) is 6.80. The van der Waals surface area contributed by atoms with E-state index in [1.54, 1.807) is 0 Å². The van der Waals surface area contributed by atoms with Crippen LogP contribution in [0.15, 0.2) is 62.6 Å². The van der Waals surface area contributed by atoms with Crippen molar-refractivity contribution in [2.24, 2.45) is 0 Å². The molecule has 0 fully saturated rings. The van der Waals surface area contributed by atoms with Crippen molar-refractivity contribution >= 4 is 21.1 Å². The Kier molecular flexibility index (Phi) is 7.35. The molecule has 1 heterocycles. The van der Waals surface area contributed by atoms with E-state index >= 15 is 0 Å². The second-order valence-electron chi connectivity index (χ2n) is 7.70. The molecule has 0 radical (unpaired) electrons. The molecule has 0 unspecified atom stereocenters. The number of rotatable bonds is 9. The summed E-state index contributed by atoms with van der Waals surface area (Å²) in [5.74, 6) is -0.519. The first-order valence-corrected chi connectivity index (χ1v) is 12.3. The van der Waals surface area contributed by atoms with Crippen LogP contribution in [0.5, 0.6) is 34.5 Å². The van der Waals surface area contributed by atoms with Gasteiger partial charge in [-0.1, -0.05) is 0 Å². The molecule has 200 valence electrons. The van der Waals surface area contributed by atoms with Crippen molar-refractivity contribution < 1.29 is 45.1 Å². The minimum atomic E-state index is -4.61. The first-order chi connectivity index (χ1) is 18.2. The van der Waals surface area contributed by atoms with E-state index < -0.39 is 27.1 Å². The molecule has 0 saturated heterocycles. The summed E-state index contributed by atoms with van der Waals surface area (Å²) in [6, 6.07) is 9.73. The van der Waals surface area contributed by atoms with Gasteiger partial charge in [0, 0.05) is 17.7 Å². The molecule has 0 atom stereocenters. The first-order valence-electron chi connectivity index (χ1n) is 10.9. The molecule has 0 amide bonds. The minimum Gasteiger partial charge on any atom is -0.496 e. The minimum absolute atomic E-state index is 0.0291. The summed E-state index contributed by atoms with van der Waals surface area (Å²) in [6.07, 6.45) is 0. The Morgan fingerprint density at radius 3 is 1.87 bits per heavy atom. The Morgan fingerprint density at radius 1 is 0.737 bits per heavy atom. The van der Waals surface area contributed by atoms with Gasteiger partial charge >= 0.3 is 10.1 Å². The van der Waals surface area contributed by atoms with Crippen molar-refractivity contribution in [3.05, 3.63) is 64.6 Å². The van der Waals surface area contributed by atoms with Crippen LogP contribution < -0.4 is 33.3 Å². The highest BCUT2D eigenvalue weighted by Crippen LogP contribution is 2.44. The van der Waals surface area contributed by atoms with Crippen molar-refractivity contribution in [2.45, 2.75) is 4.90 Å². The third kappa shape index (κ3) is 4.77. The molecule has 0 bridgehead atoms. The van der Waals surface area contributed by atoms with Gasteiger partial charge < -0.3 is 32.3 Å². The summed E-state index contributed by atoms with van der Waals surface area (Å²) < 4.78 is 77.9. The van der Waals surface area contributed by atoms with Gasteiger partial charge in [0.15, 0.2) is 17.3 Å². The van der Waals surface area contributed by atoms with Crippen LogP contribution in [0.25, 0.3) is 22.3 Å². The van der Waals surface area contributed by atoms with Crippen LogP contribution in [0.3, 0.4) is 0 Å². The van der Waals surface area contributed by atoms with Crippen molar-refractivity contribution in [1.82, 2.24) is 0 Å². The van der Waals surface area contributed by atoms with Gasteiger partial charge in [-0.15, -0.1) is 0 Å². The SMILES string of the molecule is COc1cc(OC)c2c(=O)c(OS(=O)(=O)c3ccc(F)cc3)c(-c3cc(OC)c(OC)c(OC)c3)oc2c1. The average Bonchev–Trinajstić information content (AvgIpc) is 2.92. The summed E-state index contributed by atoms with van der Waals surface area (Å²) in [4.78, 5) is 13.4. The predicted molar refractivity (Wildman–Crippen MR) is 135 cm³/mol. The molecule has 4 rings (SSSR count). The molecular formula is C26H23FO10S. The lowest BCUT2D eigenvalue weighted by molar-refractivity contribution is 0.324. The zero-order valence-corrected chi connectivity index (χ0v) is 21.8. The third-order valence-electron chi connectivity index (χ3n) is 5.57. The zero-order valence-electron chi connectivity index (χ0n) is 21.0. The van der Waals surface area contributed by atoms with Gasteiger partial charge in [-0.3, -0.25) is 4.79 Å². The maximum absolute atomic E-state index is 13.8. The fourth-order valence-electron chi connectivity index (χ4n) is 3.76. The van der Waals surface area contributed by atoms with E-state index in [1.807, 2.05) is 0 Å². The fourth-order valence-corrected chi connectivity index (χ4v) is 4.70. The maximum atomic E-state index is 13.8. The van der Waals surface area contributed by atoms with Gasteiger partial charge in [0.2, 0.25) is 16.9 Å². The normalized spacial score (nSPS) is 11.2. The van der Waals surface area contributed by atoms with E-state index in [1.165, 1.54) is 59.8 Å². The number of ether oxygens (including phenoxy) is 5. The maximum Gasteiger partial charge on any atom is 0.339 e. The molecule has 1 aromatic heterocycles. The van der Waals surface area contributed by atoms with E-state index in [-0.39, 0.29) is 50.2 Å². The highest BCUT2D eigenvalue weighted by molar-refractivity contribution is 7.87. The Hall–Kier alpha value is -4.45. The monoisotopic (exact) mass is 546 g/mol. The van der Waals surface area contributed by atoms with Crippen molar-refractivity contribution in [3.8, 4) is 45.8 Å². The number of hydrogen-bond donors (Lipinski definition) is 0. The lowest BCUT2D eigenvalue weighted by Gasteiger charge is -2.16. The van der Waals surface area contributed by atoms with E-state index in [4.69, 9.17) is 32.3 Å². The lowest BCUT2D eigenvalue weighted by Crippen LogP contribution is -2.17. The molecular weight excluding hydrogens is 523 g/mol. The molecule has 0 aliphatic carbocycles. The smallest absolute Gasteiger partial charge is 0.339 e. The zero-order chi connectivity index (χ0) is 27.6. The number of methoxy groups -OCH3 is 5. The van der Waals surface area contributed by atoms with Gasteiger partial charge in [0.1, 0.15) is 33.2 Å². The molecule has 4 aromatic rings. The average molecular weight is 547 g/mol. The highest BCUT2D eigenvalue weighted by atomic mass is 32.2. The Labute approximate surface area is 217 Å². The number of fused-ring (bicyclic) bond motifs is 1. The van der Waals surface area contributed by atoms with Crippen LogP contribution in [0.4, 0.5) is 4.39 Å². The van der Waals surface area contributed by atoms with E-state index in [2.05, 4.69) is 0 Å². The standard InChI is InChI=1S/C26H23FO10S/c1-31-16-12-18(32-2)22-19(13-16)36-24(14-10-20(33-3)25(35-5)21(11-14)34-4)26(23(22)28)37-38(29,30)17-8-6-15(27)7-9-17/h6-13H,1-5H3. The highest BCUT2D eigenvalue weighted by Gasteiger charge is 2.28. The molecule has 10 nitrogen and oxygen atoms in total. The number of hydrogen-bond acceptors (Lipinski definition) is 10. The first kappa shape index (κ1) is 26.6. The molecule has 38 heavy (non-hydrogen) atoms. The summed E-state index contributed by atoms with van der Waals surface area (Å²) in [5, 5.41) is -0.0891. The second-order valence-corrected chi connectivity index (χ2v) is 9.24. The van der Waals surface area contributed by atoms with Crippen LogP contribution in [-0.2, 0) is 10.1 Å². The molecule has 0 spiro atoms. The molecule has 0 aliphatic rings. The summed E-state index contributed by atoms with van der Waals surface area (Å²) >= 11 is 0. The topological polar surface area (TPSA) is 120 Å². The van der Waals surface area contributed by atoms with E-state index in [9.17, 15) is 17.6 Å². The molecule has 0 saturated carbocycles. The van der Waals surface area contributed by atoms with Crippen LogP contribution in [-0.4, -0.2) is 44.0 Å². The predicted octanol–water partition coefficient (Wildman–Crippen LogP) is 4.41. The van der Waals surface area contributed by atoms with Crippen LogP contribution >= 0.6 is 0 Å². The number of halogens is 1. The molecule has 0 aliphatic heterocycles. The largest absolute Gasteiger partial charge is 0.496 e. The van der Waals surface area contributed by atoms with Gasteiger partial charge in [-0.2, -0.15) is 8.42 Å². The fraction of sp³-hybridized carbons (Fsp3) is 0.192. The van der Waals surface area contributed by atoms with Gasteiger partial charge in [0.25, 0.3) is 0 Å². The van der Waals surface area contributed by atoms with E-state index in [0.717, 1.165) is 24.3 Å². The van der Waals surface area contributed by atoms with Crippen molar-refractivity contribution in [2.75, 3.05) is 35.5 Å². The second kappa shape index (κ2) is 10.5. The Balaban J connectivity index is 2.07. The summed E-state index contributed by atoms with van der Waals surface area (Å²) in [5.41, 5.74) is -0.647. The van der Waals surface area contributed by atoms with Gasteiger partial charge in [-0.05, 0) is 36.4 Å². The van der Waals surface area contributed by atoms with Gasteiger partial charge in [-0.25, -0.2) is 4.39 Å². The van der Waals surface area contributed by atoms with Crippen LogP contribution in [0.2, 0.25) is 0 Å². The number of benzene rings is 3. The van der Waals surface area contributed by atoms with Crippen LogP contribution in [0, 0.1) is 5.82 Å². The lowest BCUT2D eigenvalue weighted by atomic mass is 10.1. The summed E-state index contributed by atoms with van der Waals surface area (Å²) in [6.45, 7) is 0. The van der Waals surface area contributed by atoms with Crippen molar-refractivity contribution in [1.29, 1.82) is 0 Å². The Morgan fingerprint density at radius 2 is 1.34 bits per heavy atom. The molecule has 12 heteroatoms. The quantitative estimate of drug-likeness (QED) is 0.279.